The van der Waals surface area contributed by atoms with Crippen LogP contribution in [0.5, 0.6) is 5.75 Å². The summed E-state index contributed by atoms with van der Waals surface area (Å²) in [6.07, 6.45) is 1.11. The molecule has 0 saturated carbocycles. The first-order valence-corrected chi connectivity index (χ1v) is 12.9. The predicted molar refractivity (Wildman–Crippen MR) is 125 cm³/mol. The topological polar surface area (TPSA) is 75.7 Å². The van der Waals surface area contributed by atoms with Gasteiger partial charge in [0.05, 0.1) is 4.34 Å². The molecule has 1 N–H and O–H groups in total. The van der Waals surface area contributed by atoms with E-state index in [-0.39, 0.29) is 16.7 Å². The quantitative estimate of drug-likeness (QED) is 0.506. The molecule has 0 unspecified atom stereocenters. The van der Waals surface area contributed by atoms with E-state index < -0.39 is 16.1 Å². The molecule has 1 atom stereocenters. The Morgan fingerprint density at radius 1 is 1.09 bits per heavy atom. The van der Waals surface area contributed by atoms with Crippen LogP contribution in [-0.2, 0) is 28.0 Å². The fourth-order valence-corrected chi connectivity index (χ4v) is 6.94. The number of rotatable bonds is 8. The molecule has 2 aromatic carbocycles. The number of hydrogen-bond acceptors (Lipinski definition) is 5. The molecule has 0 radical (unpaired) electrons. The Morgan fingerprint density at radius 3 is 2.59 bits per heavy atom. The number of sulfonamides is 1. The largest absolute Gasteiger partial charge is 0.489 e. The molecule has 0 aliphatic carbocycles. The van der Waals surface area contributed by atoms with Crippen molar-refractivity contribution in [3.05, 3.63) is 82.2 Å². The van der Waals surface area contributed by atoms with Crippen LogP contribution in [0.4, 0.5) is 0 Å². The number of carbonyl (C=O) groups is 1. The zero-order chi connectivity index (χ0) is 22.6. The van der Waals surface area contributed by atoms with Gasteiger partial charge in [-0.3, -0.25) is 4.79 Å². The maximum Gasteiger partial charge on any atom is 0.253 e. The molecule has 6 nitrogen and oxygen atoms in total. The predicted octanol–water partition coefficient (Wildman–Crippen LogP) is 4.45. The summed E-state index contributed by atoms with van der Waals surface area (Å²) in [5, 5.41) is 2.89. The molecule has 1 aliphatic heterocycles. The van der Waals surface area contributed by atoms with Gasteiger partial charge in [0.2, 0.25) is 5.91 Å². The summed E-state index contributed by atoms with van der Waals surface area (Å²) in [5.74, 6) is 0.368. The summed E-state index contributed by atoms with van der Waals surface area (Å²) in [6.45, 7) is 0.982. The van der Waals surface area contributed by atoms with Crippen LogP contribution >= 0.6 is 22.9 Å². The average Bonchev–Trinajstić information content (AvgIpc) is 3.47. The number of thiophene rings is 1. The van der Waals surface area contributed by atoms with Gasteiger partial charge in [0, 0.05) is 18.7 Å². The molecule has 168 valence electrons. The van der Waals surface area contributed by atoms with Gasteiger partial charge < -0.3 is 10.1 Å². The number of halogens is 1. The number of benzene rings is 2. The van der Waals surface area contributed by atoms with Crippen molar-refractivity contribution in [2.75, 3.05) is 6.54 Å². The lowest BCUT2D eigenvalue weighted by molar-refractivity contribution is -0.124. The minimum atomic E-state index is -3.76. The minimum Gasteiger partial charge on any atom is -0.489 e. The van der Waals surface area contributed by atoms with E-state index in [9.17, 15) is 13.2 Å². The van der Waals surface area contributed by atoms with Crippen LogP contribution in [0.3, 0.4) is 0 Å². The molecule has 1 amide bonds. The Balaban J connectivity index is 1.41. The van der Waals surface area contributed by atoms with Crippen molar-refractivity contribution in [1.29, 1.82) is 0 Å². The molecule has 0 spiro atoms. The fourth-order valence-electron chi connectivity index (χ4n) is 3.67. The molecule has 1 saturated heterocycles. The number of carbonyl (C=O) groups excluding carboxylic acids is 1. The van der Waals surface area contributed by atoms with Crippen LogP contribution in [0.2, 0.25) is 4.34 Å². The lowest BCUT2D eigenvalue weighted by Gasteiger charge is -2.23. The lowest BCUT2D eigenvalue weighted by atomic mass is 10.1. The summed E-state index contributed by atoms with van der Waals surface area (Å²) in [7, 11) is -3.76. The van der Waals surface area contributed by atoms with Gasteiger partial charge in [-0.1, -0.05) is 60.1 Å². The van der Waals surface area contributed by atoms with E-state index in [0.717, 1.165) is 22.5 Å². The monoisotopic (exact) mass is 490 g/mol. The molecule has 32 heavy (non-hydrogen) atoms. The Kier molecular flexibility index (Phi) is 7.15. The second-order valence-corrected chi connectivity index (χ2v) is 11.3. The summed E-state index contributed by atoms with van der Waals surface area (Å²) in [4.78, 5) is 12.9. The number of amides is 1. The zero-order valence-electron chi connectivity index (χ0n) is 17.2. The standard InChI is InChI=1S/C23H23ClN2O4S2/c24-21-12-13-22(31-21)32(28,29)26-14-6-10-19(26)23(27)25-15-18-9-4-5-11-20(18)30-16-17-7-2-1-3-8-17/h1-5,7-9,11-13,19H,6,10,14-16H2,(H,25,27)/t19-/m0/s1. The Hall–Kier alpha value is -2.39. The average molecular weight is 491 g/mol. The number of nitrogens with one attached hydrogen (secondary N) is 1. The molecule has 4 rings (SSSR count). The van der Waals surface area contributed by atoms with E-state index in [1.807, 2.05) is 54.6 Å². The second kappa shape index (κ2) is 10.0. The summed E-state index contributed by atoms with van der Waals surface area (Å²) >= 11 is 6.91. The first-order valence-electron chi connectivity index (χ1n) is 10.2. The smallest absolute Gasteiger partial charge is 0.253 e. The summed E-state index contributed by atoms with van der Waals surface area (Å²) in [6, 6.07) is 19.6. The van der Waals surface area contributed by atoms with E-state index in [1.165, 1.54) is 10.4 Å². The fraction of sp³-hybridized carbons (Fsp3) is 0.261. The van der Waals surface area contributed by atoms with Crippen LogP contribution in [0, 0.1) is 0 Å². The van der Waals surface area contributed by atoms with Gasteiger partial charge in [-0.05, 0) is 36.6 Å². The lowest BCUT2D eigenvalue weighted by Crippen LogP contribution is -2.45. The van der Waals surface area contributed by atoms with Crippen molar-refractivity contribution in [2.24, 2.45) is 0 Å². The van der Waals surface area contributed by atoms with Crippen molar-refractivity contribution in [3.63, 3.8) is 0 Å². The van der Waals surface area contributed by atoms with E-state index in [1.54, 1.807) is 6.07 Å². The minimum absolute atomic E-state index is 0.154. The van der Waals surface area contributed by atoms with Gasteiger partial charge in [-0.15, -0.1) is 11.3 Å². The van der Waals surface area contributed by atoms with Crippen LogP contribution in [-0.4, -0.2) is 31.2 Å². The third-order valence-electron chi connectivity index (χ3n) is 5.28. The normalized spacial score (nSPS) is 16.7. The van der Waals surface area contributed by atoms with E-state index in [2.05, 4.69) is 5.32 Å². The van der Waals surface area contributed by atoms with Crippen LogP contribution in [0.15, 0.2) is 70.9 Å². The first-order chi connectivity index (χ1) is 15.4. The molecular weight excluding hydrogens is 468 g/mol. The van der Waals surface area contributed by atoms with E-state index in [4.69, 9.17) is 16.3 Å². The van der Waals surface area contributed by atoms with Gasteiger partial charge in [-0.25, -0.2) is 8.42 Å². The Bertz CT molecular complexity index is 1180. The highest BCUT2D eigenvalue weighted by Gasteiger charge is 2.40. The molecule has 3 aromatic rings. The molecular formula is C23H23ClN2O4S2. The molecule has 1 aliphatic rings. The molecule has 0 bridgehead atoms. The van der Waals surface area contributed by atoms with Crippen LogP contribution in [0.25, 0.3) is 0 Å². The molecule has 9 heteroatoms. The van der Waals surface area contributed by atoms with Crippen LogP contribution < -0.4 is 10.1 Å². The highest BCUT2D eigenvalue weighted by atomic mass is 35.5. The van der Waals surface area contributed by atoms with E-state index in [0.29, 0.717) is 36.1 Å². The third kappa shape index (κ3) is 5.15. The summed E-state index contributed by atoms with van der Waals surface area (Å²) in [5.41, 5.74) is 1.88. The second-order valence-electron chi connectivity index (χ2n) is 7.43. The Labute approximate surface area is 196 Å². The highest BCUT2D eigenvalue weighted by molar-refractivity contribution is 7.91. The SMILES string of the molecule is O=C(NCc1ccccc1OCc1ccccc1)[C@@H]1CCCN1S(=O)(=O)c1ccc(Cl)s1. The third-order valence-corrected chi connectivity index (χ3v) is 8.89. The van der Waals surface area contributed by atoms with Crippen molar-refractivity contribution in [2.45, 2.75) is 36.2 Å². The number of hydrogen-bond donors (Lipinski definition) is 1. The van der Waals surface area contributed by atoms with Gasteiger partial charge in [0.25, 0.3) is 10.0 Å². The van der Waals surface area contributed by atoms with Gasteiger partial charge in [0.1, 0.15) is 22.6 Å². The summed E-state index contributed by atoms with van der Waals surface area (Å²) < 4.78 is 33.8. The number of ether oxygens (including phenoxy) is 1. The maximum absolute atomic E-state index is 13.0. The van der Waals surface area contributed by atoms with Crippen LogP contribution in [0.1, 0.15) is 24.0 Å². The van der Waals surface area contributed by atoms with Crippen molar-refractivity contribution >= 4 is 38.9 Å². The number of nitrogens with zero attached hydrogens (tertiary/aromatic N) is 1. The van der Waals surface area contributed by atoms with Crippen molar-refractivity contribution in [1.82, 2.24) is 9.62 Å². The maximum atomic E-state index is 13.0. The van der Waals surface area contributed by atoms with Crippen molar-refractivity contribution < 1.29 is 17.9 Å². The van der Waals surface area contributed by atoms with E-state index >= 15 is 0 Å². The van der Waals surface area contributed by atoms with Gasteiger partial charge in [-0.2, -0.15) is 4.31 Å². The molecule has 2 heterocycles. The Morgan fingerprint density at radius 2 is 1.84 bits per heavy atom. The first kappa shape index (κ1) is 22.8. The highest BCUT2D eigenvalue weighted by Crippen LogP contribution is 2.32. The molecule has 1 fully saturated rings. The van der Waals surface area contributed by atoms with Gasteiger partial charge in [0.15, 0.2) is 0 Å². The number of para-hydroxylation sites is 1. The van der Waals surface area contributed by atoms with Crippen molar-refractivity contribution in [3.8, 4) is 5.75 Å². The van der Waals surface area contributed by atoms with Gasteiger partial charge >= 0.3 is 0 Å². The molecule has 1 aromatic heterocycles. The zero-order valence-corrected chi connectivity index (χ0v) is 19.6.